The maximum Gasteiger partial charge on any atom is 0.262 e. The van der Waals surface area contributed by atoms with Crippen molar-refractivity contribution in [2.24, 2.45) is 5.92 Å². The van der Waals surface area contributed by atoms with E-state index in [4.69, 9.17) is 18.9 Å². The molecule has 0 spiro atoms. The van der Waals surface area contributed by atoms with Crippen LogP contribution in [0.15, 0.2) is 47.3 Å². The summed E-state index contributed by atoms with van der Waals surface area (Å²) in [5.74, 6) is 0.850. The first kappa shape index (κ1) is 33.1. The molecule has 0 fully saturated rings. The summed E-state index contributed by atoms with van der Waals surface area (Å²) in [7, 11) is 4.63. The zero-order chi connectivity index (χ0) is 33.8. The van der Waals surface area contributed by atoms with Gasteiger partial charge < -0.3 is 40.2 Å². The molecule has 0 radical (unpaired) electrons. The number of benzene rings is 2. The van der Waals surface area contributed by atoms with Crippen molar-refractivity contribution in [1.82, 2.24) is 5.32 Å². The first-order chi connectivity index (χ1) is 22.6. The standard InChI is InChI=1S/C35H40N4O8/c1-7-18(2)32(35(43)37-21-9-13-28-26(15-21)38-30(42)17-47-28)39-25-12-10-22-23(16-27(25)41)24(36-19(3)40)11-8-20-14-29(44-4)33(45-5)34(46-6)31(20)22/h9-10,12-16,18,24,32H,7-8,11,17H2,1-6H3,(H,36,40)(H,37,43)(H,38,42)(H,39,41)/t18-,24+,32+/m1/s1. The number of amides is 3. The minimum atomic E-state index is -0.783. The first-order valence-electron chi connectivity index (χ1n) is 15.5. The number of ether oxygens (including phenoxy) is 4. The lowest BCUT2D eigenvalue weighted by Crippen LogP contribution is -2.40. The van der Waals surface area contributed by atoms with E-state index in [2.05, 4.69) is 21.3 Å². The lowest BCUT2D eigenvalue weighted by molar-refractivity contribution is -0.120. The van der Waals surface area contributed by atoms with Gasteiger partial charge in [0.1, 0.15) is 11.8 Å². The number of hydrogen-bond donors (Lipinski definition) is 4. The molecule has 1 aliphatic heterocycles. The number of nitrogens with one attached hydrogen (secondary N) is 4. The lowest BCUT2D eigenvalue weighted by atomic mass is 9.95. The number of anilines is 3. The summed E-state index contributed by atoms with van der Waals surface area (Å²) < 4.78 is 22.6. The van der Waals surface area contributed by atoms with Crippen LogP contribution in [0.1, 0.15) is 50.8 Å². The van der Waals surface area contributed by atoms with Crippen molar-refractivity contribution in [2.45, 2.75) is 52.1 Å². The fourth-order valence-electron chi connectivity index (χ4n) is 6.08. The molecule has 3 amide bonds. The van der Waals surface area contributed by atoms with Crippen LogP contribution in [-0.4, -0.2) is 51.7 Å². The van der Waals surface area contributed by atoms with Crippen molar-refractivity contribution in [2.75, 3.05) is 43.9 Å². The minimum Gasteiger partial charge on any atom is -0.493 e. The summed E-state index contributed by atoms with van der Waals surface area (Å²) in [6.07, 6.45) is 1.75. The molecule has 12 nitrogen and oxygen atoms in total. The van der Waals surface area contributed by atoms with Crippen LogP contribution in [0.25, 0.3) is 11.1 Å². The molecule has 3 aromatic rings. The highest BCUT2D eigenvalue weighted by molar-refractivity contribution is 5.99. The van der Waals surface area contributed by atoms with E-state index in [9.17, 15) is 19.2 Å². The fraction of sp³-hybridized carbons (Fsp3) is 0.371. The van der Waals surface area contributed by atoms with Gasteiger partial charge in [0.2, 0.25) is 23.0 Å². The van der Waals surface area contributed by atoms with Gasteiger partial charge in [0.25, 0.3) is 5.91 Å². The summed E-state index contributed by atoms with van der Waals surface area (Å²) in [6, 6.07) is 10.6. The summed E-state index contributed by atoms with van der Waals surface area (Å²) in [5, 5.41) is 11.9. The Kier molecular flexibility index (Phi) is 9.88. The average Bonchev–Trinajstić information content (AvgIpc) is 3.29. The van der Waals surface area contributed by atoms with Gasteiger partial charge in [-0.15, -0.1) is 0 Å². The third-order valence-electron chi connectivity index (χ3n) is 8.60. The predicted octanol–water partition coefficient (Wildman–Crippen LogP) is 4.66. The number of rotatable bonds is 10. The van der Waals surface area contributed by atoms with E-state index in [1.54, 1.807) is 38.5 Å². The molecule has 0 unspecified atom stereocenters. The van der Waals surface area contributed by atoms with Crippen LogP contribution in [-0.2, 0) is 20.8 Å². The average molecular weight is 645 g/mol. The van der Waals surface area contributed by atoms with E-state index < -0.39 is 12.1 Å². The van der Waals surface area contributed by atoms with Crippen molar-refractivity contribution in [3.05, 3.63) is 63.8 Å². The summed E-state index contributed by atoms with van der Waals surface area (Å²) in [5.41, 5.74) is 3.73. The molecule has 0 bridgehead atoms. The number of methoxy groups -OCH3 is 3. The van der Waals surface area contributed by atoms with Crippen molar-refractivity contribution in [1.29, 1.82) is 0 Å². The largest absolute Gasteiger partial charge is 0.493 e. The molecular formula is C35H40N4O8. The van der Waals surface area contributed by atoms with Gasteiger partial charge in [-0.1, -0.05) is 26.3 Å². The monoisotopic (exact) mass is 644 g/mol. The molecule has 12 heteroatoms. The molecule has 1 heterocycles. The van der Waals surface area contributed by atoms with Gasteiger partial charge in [-0.3, -0.25) is 19.2 Å². The lowest BCUT2D eigenvalue weighted by Gasteiger charge is -2.24. The van der Waals surface area contributed by atoms with Crippen LogP contribution in [0, 0.1) is 5.92 Å². The summed E-state index contributed by atoms with van der Waals surface area (Å²) >= 11 is 0. The number of carbonyl (C=O) groups excluding carboxylic acids is 3. The van der Waals surface area contributed by atoms with E-state index in [1.807, 2.05) is 26.0 Å². The molecule has 248 valence electrons. The second kappa shape index (κ2) is 14.0. The second-order valence-corrected chi connectivity index (χ2v) is 11.6. The van der Waals surface area contributed by atoms with Gasteiger partial charge in [0.15, 0.2) is 18.1 Å². The zero-order valence-corrected chi connectivity index (χ0v) is 27.4. The molecule has 5 rings (SSSR count). The van der Waals surface area contributed by atoms with Crippen molar-refractivity contribution < 1.29 is 33.3 Å². The molecule has 3 aromatic carbocycles. The van der Waals surface area contributed by atoms with Gasteiger partial charge in [0.05, 0.1) is 38.7 Å². The quantitative estimate of drug-likeness (QED) is 0.247. The molecule has 0 aromatic heterocycles. The van der Waals surface area contributed by atoms with E-state index in [0.717, 1.165) is 11.1 Å². The van der Waals surface area contributed by atoms with Gasteiger partial charge in [-0.05, 0) is 71.8 Å². The van der Waals surface area contributed by atoms with E-state index in [1.165, 1.54) is 20.1 Å². The van der Waals surface area contributed by atoms with Crippen molar-refractivity contribution >= 4 is 34.8 Å². The molecule has 4 N–H and O–H groups in total. The van der Waals surface area contributed by atoms with E-state index in [0.29, 0.717) is 64.8 Å². The summed E-state index contributed by atoms with van der Waals surface area (Å²) in [4.78, 5) is 51.7. The molecule has 0 saturated heterocycles. The smallest absolute Gasteiger partial charge is 0.262 e. The van der Waals surface area contributed by atoms with Crippen LogP contribution in [0.3, 0.4) is 0 Å². The van der Waals surface area contributed by atoms with Crippen LogP contribution in [0.4, 0.5) is 17.1 Å². The number of fused-ring (bicyclic) bond motifs is 4. The third kappa shape index (κ3) is 6.81. The van der Waals surface area contributed by atoms with E-state index >= 15 is 0 Å². The van der Waals surface area contributed by atoms with Crippen LogP contribution in [0.2, 0.25) is 0 Å². The highest BCUT2D eigenvalue weighted by atomic mass is 16.5. The zero-order valence-electron chi connectivity index (χ0n) is 27.4. The number of carbonyl (C=O) groups is 3. The van der Waals surface area contributed by atoms with Gasteiger partial charge in [0, 0.05) is 18.2 Å². The van der Waals surface area contributed by atoms with Gasteiger partial charge in [-0.25, -0.2) is 0 Å². The highest BCUT2D eigenvalue weighted by Gasteiger charge is 2.31. The third-order valence-corrected chi connectivity index (χ3v) is 8.60. The number of hydrogen-bond acceptors (Lipinski definition) is 9. The number of aryl methyl sites for hydroxylation is 1. The maximum atomic E-state index is 13.9. The Balaban J connectivity index is 1.57. The van der Waals surface area contributed by atoms with Crippen LogP contribution >= 0.6 is 0 Å². The Bertz CT molecular complexity index is 1780. The molecule has 0 saturated carbocycles. The fourth-order valence-corrected chi connectivity index (χ4v) is 6.08. The summed E-state index contributed by atoms with van der Waals surface area (Å²) in [6.45, 7) is 5.26. The van der Waals surface area contributed by atoms with Crippen LogP contribution in [0.5, 0.6) is 23.0 Å². The highest BCUT2D eigenvalue weighted by Crippen LogP contribution is 2.50. The van der Waals surface area contributed by atoms with Gasteiger partial charge in [-0.2, -0.15) is 0 Å². The Morgan fingerprint density at radius 1 is 1.02 bits per heavy atom. The predicted molar refractivity (Wildman–Crippen MR) is 179 cm³/mol. The maximum absolute atomic E-state index is 13.9. The second-order valence-electron chi connectivity index (χ2n) is 11.6. The SMILES string of the molecule is CC[C@@H](C)[C@H](Nc1ccc2c(cc1=O)[C@@H](NC(C)=O)CCc1cc(OC)c(OC)c(OC)c1-2)C(=O)Nc1ccc2c(c1)NC(=O)CO2. The molecule has 2 aliphatic rings. The minimum absolute atomic E-state index is 0.0696. The molecule has 1 aliphatic carbocycles. The molecule has 47 heavy (non-hydrogen) atoms. The van der Waals surface area contributed by atoms with E-state index in [-0.39, 0.29) is 41.4 Å². The van der Waals surface area contributed by atoms with Crippen molar-refractivity contribution in [3.8, 4) is 34.1 Å². The molecular weight excluding hydrogens is 604 g/mol. The Morgan fingerprint density at radius 3 is 2.47 bits per heavy atom. The van der Waals surface area contributed by atoms with Crippen LogP contribution < -0.4 is 45.6 Å². The molecule has 3 atom stereocenters. The van der Waals surface area contributed by atoms with Crippen molar-refractivity contribution in [3.63, 3.8) is 0 Å². The Morgan fingerprint density at radius 2 is 1.79 bits per heavy atom. The Hall–Kier alpha value is -5.26. The Labute approximate surface area is 273 Å². The van der Waals surface area contributed by atoms with Gasteiger partial charge >= 0.3 is 0 Å². The first-order valence-corrected chi connectivity index (χ1v) is 15.5. The topological polar surface area (TPSA) is 153 Å². The normalized spacial score (nSPS) is 16.0.